The summed E-state index contributed by atoms with van der Waals surface area (Å²) in [6, 6.07) is 1.54. The number of aromatic nitrogens is 4. The first-order valence-corrected chi connectivity index (χ1v) is 9.34. The molecule has 1 unspecified atom stereocenters. The van der Waals surface area contributed by atoms with Crippen molar-refractivity contribution in [3.05, 3.63) is 11.8 Å². The lowest BCUT2D eigenvalue weighted by molar-refractivity contribution is -0.141. The molecule has 2 aromatic heterocycles. The summed E-state index contributed by atoms with van der Waals surface area (Å²) in [6.45, 7) is 3.63. The van der Waals surface area contributed by atoms with Gasteiger partial charge >= 0.3 is 6.18 Å². The number of ether oxygens (including phenoxy) is 1. The van der Waals surface area contributed by atoms with Crippen LogP contribution in [0.1, 0.15) is 12.7 Å². The Balaban J connectivity index is 1.76. The number of amides is 1. The molecule has 3 rings (SSSR count). The molecule has 0 aliphatic carbocycles. The van der Waals surface area contributed by atoms with Crippen LogP contribution in [0.25, 0.3) is 0 Å². The summed E-state index contributed by atoms with van der Waals surface area (Å²) in [5.41, 5.74) is 0. The first-order chi connectivity index (χ1) is 13.2. The van der Waals surface area contributed by atoms with Crippen LogP contribution in [0, 0.1) is 6.92 Å². The molecule has 3 heterocycles. The van der Waals surface area contributed by atoms with Gasteiger partial charge in [-0.25, -0.2) is 0 Å². The average Bonchev–Trinajstić information content (AvgIpc) is 3.21. The Morgan fingerprint density at radius 2 is 2.07 bits per heavy atom. The number of thioether (sulfide) groups is 1. The van der Waals surface area contributed by atoms with E-state index in [-0.39, 0.29) is 16.9 Å². The fourth-order valence-corrected chi connectivity index (χ4v) is 3.39. The van der Waals surface area contributed by atoms with Gasteiger partial charge in [0, 0.05) is 19.2 Å². The van der Waals surface area contributed by atoms with Gasteiger partial charge in [-0.3, -0.25) is 9.36 Å². The molecule has 1 atom stereocenters. The van der Waals surface area contributed by atoms with E-state index < -0.39 is 23.9 Å². The summed E-state index contributed by atoms with van der Waals surface area (Å²) in [6.07, 6.45) is -4.46. The third-order valence-electron chi connectivity index (χ3n) is 3.86. The summed E-state index contributed by atoms with van der Waals surface area (Å²) in [4.78, 5) is 14.0. The number of nitrogens with one attached hydrogen (secondary N) is 1. The van der Waals surface area contributed by atoms with Crippen LogP contribution >= 0.6 is 11.8 Å². The van der Waals surface area contributed by atoms with E-state index in [1.807, 2.05) is 0 Å². The van der Waals surface area contributed by atoms with Crippen LogP contribution in [0.3, 0.4) is 0 Å². The van der Waals surface area contributed by atoms with Gasteiger partial charge in [0.2, 0.25) is 11.9 Å². The minimum absolute atomic E-state index is 0.0119. The Bertz CT molecular complexity index is 818. The number of alkyl halides is 3. The smallest absolute Gasteiger partial charge is 0.378 e. The number of carbonyl (C=O) groups is 1. The second-order valence-corrected chi connectivity index (χ2v) is 7.46. The van der Waals surface area contributed by atoms with Crippen molar-refractivity contribution < 1.29 is 27.2 Å². The Kier molecular flexibility index (Phi) is 6.13. The average molecular weight is 420 g/mol. The van der Waals surface area contributed by atoms with Gasteiger partial charge in [0.1, 0.15) is 12.3 Å². The highest BCUT2D eigenvalue weighted by Crippen LogP contribution is 2.30. The molecule has 9 nitrogen and oxygen atoms in total. The van der Waals surface area contributed by atoms with E-state index in [1.54, 1.807) is 18.7 Å². The summed E-state index contributed by atoms with van der Waals surface area (Å²) >= 11 is 0.891. The van der Waals surface area contributed by atoms with Gasteiger partial charge in [-0.1, -0.05) is 16.9 Å². The van der Waals surface area contributed by atoms with Gasteiger partial charge in [0.25, 0.3) is 0 Å². The molecule has 0 bridgehead atoms. The quantitative estimate of drug-likeness (QED) is 0.710. The molecule has 0 spiro atoms. The first kappa shape index (κ1) is 20.5. The van der Waals surface area contributed by atoms with Crippen LogP contribution in [0.2, 0.25) is 0 Å². The van der Waals surface area contributed by atoms with Crippen molar-refractivity contribution in [1.82, 2.24) is 19.9 Å². The van der Waals surface area contributed by atoms with E-state index in [0.717, 1.165) is 16.3 Å². The highest BCUT2D eigenvalue weighted by Gasteiger charge is 2.33. The monoisotopic (exact) mass is 420 g/mol. The van der Waals surface area contributed by atoms with Crippen molar-refractivity contribution in [2.45, 2.75) is 37.0 Å². The number of carbonyl (C=O) groups excluding carboxylic acids is 1. The zero-order chi connectivity index (χ0) is 20.3. The molecule has 13 heteroatoms. The Labute approximate surface area is 162 Å². The first-order valence-electron chi connectivity index (χ1n) is 8.46. The van der Waals surface area contributed by atoms with Gasteiger partial charge in [-0.15, -0.1) is 10.2 Å². The van der Waals surface area contributed by atoms with Crippen LogP contribution in [0.4, 0.5) is 24.9 Å². The van der Waals surface area contributed by atoms with E-state index in [4.69, 9.17) is 9.26 Å². The zero-order valence-electron chi connectivity index (χ0n) is 15.2. The number of morpholine rings is 1. The maximum absolute atomic E-state index is 13.1. The molecule has 1 aliphatic rings. The Hall–Kier alpha value is -2.28. The molecule has 0 saturated carbocycles. The van der Waals surface area contributed by atoms with Crippen molar-refractivity contribution >= 4 is 29.4 Å². The molecule has 1 aliphatic heterocycles. The predicted molar refractivity (Wildman–Crippen MR) is 94.3 cm³/mol. The largest absolute Gasteiger partial charge is 0.406 e. The number of nitrogens with zero attached hydrogens (tertiary/aromatic N) is 5. The highest BCUT2D eigenvalue weighted by atomic mass is 32.2. The van der Waals surface area contributed by atoms with Crippen LogP contribution in [-0.2, 0) is 16.1 Å². The molecule has 1 fully saturated rings. The minimum atomic E-state index is -4.46. The number of halogens is 3. The van der Waals surface area contributed by atoms with Crippen molar-refractivity contribution in [1.29, 1.82) is 0 Å². The lowest BCUT2D eigenvalue weighted by Gasteiger charge is -2.28. The zero-order valence-corrected chi connectivity index (χ0v) is 16.0. The minimum Gasteiger partial charge on any atom is -0.378 e. The molecule has 28 heavy (non-hydrogen) atoms. The fourth-order valence-electron chi connectivity index (χ4n) is 2.55. The normalized spacial score (nSPS) is 16.2. The molecule has 1 amide bonds. The summed E-state index contributed by atoms with van der Waals surface area (Å²) in [5.74, 6) is 0.437. The summed E-state index contributed by atoms with van der Waals surface area (Å²) < 4.78 is 50.4. The fraction of sp³-hybridized carbons (Fsp3) is 0.600. The maximum atomic E-state index is 13.1. The maximum Gasteiger partial charge on any atom is 0.406 e. The van der Waals surface area contributed by atoms with Gasteiger partial charge < -0.3 is 19.5 Å². The lowest BCUT2D eigenvalue weighted by Crippen LogP contribution is -2.38. The van der Waals surface area contributed by atoms with Gasteiger partial charge in [0.15, 0.2) is 11.0 Å². The number of hydrogen-bond donors (Lipinski definition) is 1. The highest BCUT2D eigenvalue weighted by molar-refractivity contribution is 8.00. The van der Waals surface area contributed by atoms with Crippen LogP contribution < -0.4 is 10.2 Å². The van der Waals surface area contributed by atoms with Crippen LogP contribution in [0.5, 0.6) is 0 Å². The number of rotatable bonds is 6. The van der Waals surface area contributed by atoms with E-state index in [1.165, 1.54) is 6.07 Å². The standard InChI is InChI=1S/C15H19F3N6O3S/c1-9-7-11(22-27-9)19-12(25)10(2)28-14-21-20-13(23-3-5-26-6-4-23)24(14)8-15(16,17)18/h7,10H,3-6,8H2,1-2H3,(H,19,22,25). The molecule has 1 saturated heterocycles. The second kappa shape index (κ2) is 8.39. The second-order valence-electron chi connectivity index (χ2n) is 6.16. The predicted octanol–water partition coefficient (Wildman–Crippen LogP) is 2.09. The molecule has 0 radical (unpaired) electrons. The van der Waals surface area contributed by atoms with E-state index >= 15 is 0 Å². The number of hydrogen-bond acceptors (Lipinski definition) is 8. The van der Waals surface area contributed by atoms with E-state index in [9.17, 15) is 18.0 Å². The molecular weight excluding hydrogens is 401 g/mol. The number of anilines is 2. The van der Waals surface area contributed by atoms with Crippen LogP contribution in [-0.4, -0.2) is 63.6 Å². The third kappa shape index (κ3) is 5.16. The summed E-state index contributed by atoms with van der Waals surface area (Å²) in [5, 5.41) is 13.3. The third-order valence-corrected chi connectivity index (χ3v) is 4.94. The molecular formula is C15H19F3N6O3S. The van der Waals surface area contributed by atoms with Crippen molar-refractivity contribution in [3.8, 4) is 0 Å². The summed E-state index contributed by atoms with van der Waals surface area (Å²) in [7, 11) is 0. The van der Waals surface area contributed by atoms with Crippen molar-refractivity contribution in [2.24, 2.45) is 0 Å². The Morgan fingerprint density at radius 3 is 2.68 bits per heavy atom. The van der Waals surface area contributed by atoms with Gasteiger partial charge in [-0.05, 0) is 13.8 Å². The SMILES string of the molecule is Cc1cc(NC(=O)C(C)Sc2nnc(N3CCOCC3)n2CC(F)(F)F)no1. The lowest BCUT2D eigenvalue weighted by atomic mass is 10.4. The van der Waals surface area contributed by atoms with E-state index in [2.05, 4.69) is 20.7 Å². The Morgan fingerprint density at radius 1 is 1.36 bits per heavy atom. The van der Waals surface area contributed by atoms with Gasteiger partial charge in [-0.2, -0.15) is 13.2 Å². The topological polar surface area (TPSA) is 98.3 Å². The van der Waals surface area contributed by atoms with Crippen LogP contribution in [0.15, 0.2) is 15.7 Å². The molecule has 0 aromatic carbocycles. The van der Waals surface area contributed by atoms with Crippen molar-refractivity contribution in [2.75, 3.05) is 36.5 Å². The molecule has 154 valence electrons. The van der Waals surface area contributed by atoms with Crippen molar-refractivity contribution in [3.63, 3.8) is 0 Å². The molecule has 2 aromatic rings. The molecule has 1 N–H and O–H groups in total. The number of aryl methyl sites for hydroxylation is 1. The van der Waals surface area contributed by atoms with Gasteiger partial charge in [0.05, 0.1) is 18.5 Å². The van der Waals surface area contributed by atoms with E-state index in [0.29, 0.717) is 32.1 Å².